The van der Waals surface area contributed by atoms with E-state index in [1.165, 1.54) is 12.8 Å². The van der Waals surface area contributed by atoms with Crippen molar-refractivity contribution in [2.75, 3.05) is 13.7 Å². The van der Waals surface area contributed by atoms with E-state index in [4.69, 9.17) is 12.5 Å². The number of hydrogen-bond acceptors (Lipinski definition) is 4. The van der Waals surface area contributed by atoms with Gasteiger partial charge < -0.3 is 17.6 Å². The van der Waals surface area contributed by atoms with Gasteiger partial charge in [-0.05, 0) is 49.4 Å². The fourth-order valence-electron chi connectivity index (χ4n) is 5.97. The third-order valence-corrected chi connectivity index (χ3v) is 7.87. The van der Waals surface area contributed by atoms with Crippen LogP contribution in [0.4, 0.5) is 0 Å². The molecule has 4 atom stereocenters. The van der Waals surface area contributed by atoms with Crippen molar-refractivity contribution in [2.45, 2.75) is 65.4 Å². The number of halogens is 1. The minimum absolute atomic E-state index is 0.0883. The molecule has 1 aromatic carbocycles. The largest absolute Gasteiger partial charge is 0.496 e. The van der Waals surface area contributed by atoms with E-state index in [1.54, 1.807) is 7.11 Å². The van der Waals surface area contributed by atoms with Gasteiger partial charge in [0.2, 0.25) is 0 Å². The molecule has 2 aliphatic rings. The lowest BCUT2D eigenvalue weighted by atomic mass is 9.46. The molecule has 0 unspecified atom stereocenters. The monoisotopic (exact) mass is 488 g/mol. The van der Waals surface area contributed by atoms with Gasteiger partial charge in [-0.25, -0.2) is 0 Å². The normalized spacial score (nSPS) is 35.2. The Balaban J connectivity index is 1.85. The highest BCUT2D eigenvalue weighted by molar-refractivity contribution is 14.1. The molecule has 0 spiro atoms. The van der Waals surface area contributed by atoms with Crippen LogP contribution in [0.25, 0.3) is 0 Å². The molecular formula is C22H33IO4. The van der Waals surface area contributed by atoms with Gasteiger partial charge in [0.15, 0.2) is 23.0 Å². The van der Waals surface area contributed by atoms with E-state index in [0.29, 0.717) is 29.4 Å². The molecule has 1 N–H and O–H groups in total. The molecule has 2 fully saturated rings. The second kappa shape index (κ2) is 7.62. The van der Waals surface area contributed by atoms with Crippen molar-refractivity contribution in [3.05, 3.63) is 18.2 Å². The van der Waals surface area contributed by atoms with E-state index in [1.807, 2.05) is 48.1 Å². The Hall–Kier alpha value is -0.690. The highest BCUT2D eigenvalue weighted by Gasteiger charge is 2.58. The highest BCUT2D eigenvalue weighted by atomic mass is 127. The van der Waals surface area contributed by atoms with E-state index in [2.05, 4.69) is 20.8 Å². The van der Waals surface area contributed by atoms with Gasteiger partial charge in [0.25, 0.3) is 0 Å². The van der Waals surface area contributed by atoms with Gasteiger partial charge in [-0.15, -0.1) is 0 Å². The van der Waals surface area contributed by atoms with Crippen LogP contribution < -0.4 is 12.5 Å². The average molecular weight is 488 g/mol. The van der Waals surface area contributed by atoms with Crippen LogP contribution in [0.2, 0.25) is 0 Å². The van der Waals surface area contributed by atoms with Gasteiger partial charge >= 0.3 is 0 Å². The number of methoxy groups -OCH3 is 1. The number of fused-ring (bicyclic) bond motifs is 1. The Labute approximate surface area is 177 Å². The highest BCUT2D eigenvalue weighted by Crippen LogP contribution is 2.61. The van der Waals surface area contributed by atoms with Crippen molar-refractivity contribution in [3.63, 3.8) is 0 Å². The Bertz CT molecular complexity index is 650. The fourth-order valence-corrected chi connectivity index (χ4v) is 6.22. The lowest BCUT2D eigenvalue weighted by Crippen LogP contribution is -2.59. The SMILES string of the molecule is COc1cc(OI)cc(OC[C@@H]2[C@@]3(C)CCCC(C)(C)[C@@H]3CC[C@@]2(C)O)c1. The van der Waals surface area contributed by atoms with E-state index in [9.17, 15) is 5.11 Å². The van der Waals surface area contributed by atoms with Gasteiger partial charge in [0.1, 0.15) is 17.2 Å². The Morgan fingerprint density at radius 2 is 1.70 bits per heavy atom. The van der Waals surface area contributed by atoms with Gasteiger partial charge in [-0.2, -0.15) is 0 Å². The number of ether oxygens (including phenoxy) is 2. The van der Waals surface area contributed by atoms with Crippen LogP contribution in [-0.4, -0.2) is 24.4 Å². The molecule has 0 amide bonds. The molecule has 0 aromatic heterocycles. The Kier molecular flexibility index (Phi) is 5.93. The predicted octanol–water partition coefficient (Wildman–Crippen LogP) is 5.80. The van der Waals surface area contributed by atoms with Crippen LogP contribution in [0.3, 0.4) is 0 Å². The molecule has 0 radical (unpaired) electrons. The molecule has 1 aromatic rings. The predicted molar refractivity (Wildman–Crippen MR) is 116 cm³/mol. The summed E-state index contributed by atoms with van der Waals surface area (Å²) in [6, 6.07) is 5.58. The maximum Gasteiger partial charge on any atom is 0.192 e. The van der Waals surface area contributed by atoms with Gasteiger partial charge in [0.05, 0.1) is 19.3 Å². The van der Waals surface area contributed by atoms with E-state index >= 15 is 0 Å². The van der Waals surface area contributed by atoms with Crippen LogP contribution in [0, 0.1) is 22.7 Å². The molecule has 152 valence electrons. The quantitative estimate of drug-likeness (QED) is 0.533. The number of aliphatic hydroxyl groups is 1. The topological polar surface area (TPSA) is 47.9 Å². The van der Waals surface area contributed by atoms with E-state index < -0.39 is 5.60 Å². The molecule has 2 saturated carbocycles. The van der Waals surface area contributed by atoms with Crippen molar-refractivity contribution in [1.82, 2.24) is 0 Å². The maximum atomic E-state index is 11.3. The first-order valence-corrected chi connectivity index (χ1v) is 10.8. The maximum absolute atomic E-state index is 11.3. The van der Waals surface area contributed by atoms with Crippen molar-refractivity contribution >= 4 is 23.0 Å². The zero-order valence-corrected chi connectivity index (χ0v) is 19.3. The first kappa shape index (κ1) is 21.0. The van der Waals surface area contributed by atoms with Crippen LogP contribution in [-0.2, 0) is 0 Å². The number of benzene rings is 1. The third-order valence-electron chi connectivity index (χ3n) is 7.36. The van der Waals surface area contributed by atoms with Gasteiger partial charge in [-0.3, -0.25) is 0 Å². The fraction of sp³-hybridized carbons (Fsp3) is 0.727. The Morgan fingerprint density at radius 3 is 2.37 bits per heavy atom. The molecule has 0 bridgehead atoms. The molecule has 4 nitrogen and oxygen atoms in total. The molecule has 0 heterocycles. The first-order chi connectivity index (χ1) is 12.6. The van der Waals surface area contributed by atoms with Gasteiger partial charge in [-0.1, -0.05) is 27.2 Å². The Morgan fingerprint density at radius 1 is 1.04 bits per heavy atom. The van der Waals surface area contributed by atoms with Crippen LogP contribution in [0.1, 0.15) is 59.8 Å². The van der Waals surface area contributed by atoms with Crippen molar-refractivity contribution in [3.8, 4) is 17.2 Å². The summed E-state index contributed by atoms with van der Waals surface area (Å²) >= 11 is 1.86. The third kappa shape index (κ3) is 4.04. The van der Waals surface area contributed by atoms with Crippen molar-refractivity contribution in [1.29, 1.82) is 0 Å². The lowest BCUT2D eigenvalue weighted by Gasteiger charge is -2.60. The van der Waals surface area contributed by atoms with E-state index in [0.717, 1.165) is 25.0 Å². The van der Waals surface area contributed by atoms with Gasteiger partial charge in [0, 0.05) is 24.1 Å². The molecule has 3 rings (SSSR count). The smallest absolute Gasteiger partial charge is 0.192 e. The van der Waals surface area contributed by atoms with Crippen LogP contribution in [0.5, 0.6) is 17.2 Å². The molecule has 0 aliphatic heterocycles. The summed E-state index contributed by atoms with van der Waals surface area (Å²) in [7, 11) is 1.64. The van der Waals surface area contributed by atoms with Crippen LogP contribution in [0.15, 0.2) is 18.2 Å². The molecule has 0 saturated heterocycles. The summed E-state index contributed by atoms with van der Waals surface area (Å²) in [5.74, 6) is 2.84. The minimum Gasteiger partial charge on any atom is -0.496 e. The summed E-state index contributed by atoms with van der Waals surface area (Å²) in [6.07, 6.45) is 5.59. The average Bonchev–Trinajstić information content (AvgIpc) is 2.59. The summed E-state index contributed by atoms with van der Waals surface area (Å²) in [4.78, 5) is 0. The molecular weight excluding hydrogens is 455 g/mol. The van der Waals surface area contributed by atoms with Crippen molar-refractivity contribution in [2.24, 2.45) is 22.7 Å². The summed E-state index contributed by atoms with van der Waals surface area (Å²) in [6.45, 7) is 9.68. The lowest BCUT2D eigenvalue weighted by molar-refractivity contribution is -0.176. The molecule has 5 heteroatoms. The number of rotatable bonds is 5. The van der Waals surface area contributed by atoms with E-state index in [-0.39, 0.29) is 11.3 Å². The second-order valence-corrected chi connectivity index (χ2v) is 10.0. The zero-order chi connectivity index (χ0) is 19.9. The molecule has 2 aliphatic carbocycles. The zero-order valence-electron chi connectivity index (χ0n) is 17.2. The summed E-state index contributed by atoms with van der Waals surface area (Å²) < 4.78 is 16.9. The second-order valence-electron chi connectivity index (χ2n) is 9.58. The molecule has 27 heavy (non-hydrogen) atoms. The van der Waals surface area contributed by atoms with Crippen LogP contribution >= 0.6 is 23.0 Å². The van der Waals surface area contributed by atoms with Crippen molar-refractivity contribution < 1.29 is 17.6 Å². The minimum atomic E-state index is -0.708. The first-order valence-electron chi connectivity index (χ1n) is 9.95. The summed E-state index contributed by atoms with van der Waals surface area (Å²) in [5.41, 5.74) is -0.301. The standard InChI is InChI=1S/C22H33IO4/c1-20(2)8-6-9-21(3)18(20)7-10-22(4,24)19(21)14-26-16-11-15(25-5)12-17(13-16)27-23/h11-13,18-19,24H,6-10,14H2,1-5H3/t18-,19+,21-,22+/m0/s1. The summed E-state index contributed by atoms with van der Waals surface area (Å²) in [5, 5.41) is 11.3. The number of hydrogen-bond donors (Lipinski definition) is 1.